The van der Waals surface area contributed by atoms with E-state index in [1.54, 1.807) is 6.92 Å². The molecule has 18 heavy (non-hydrogen) atoms. The molecule has 4 atom stereocenters. The van der Waals surface area contributed by atoms with E-state index in [-0.39, 0.29) is 5.41 Å². The van der Waals surface area contributed by atoms with Gasteiger partial charge in [0.25, 0.3) is 0 Å². The van der Waals surface area contributed by atoms with Gasteiger partial charge in [0.05, 0.1) is 5.60 Å². The highest BCUT2D eigenvalue weighted by Crippen LogP contribution is 2.59. The van der Waals surface area contributed by atoms with Crippen molar-refractivity contribution in [1.82, 2.24) is 0 Å². The maximum atomic E-state index is 12.3. The lowest BCUT2D eigenvalue weighted by Crippen LogP contribution is -2.57. The molecule has 1 N–H and O–H groups in total. The second kappa shape index (κ2) is 4.33. The number of hydrogen-bond acceptors (Lipinski definition) is 2. The second-order valence-corrected chi connectivity index (χ2v) is 7.02. The molecular weight excluding hydrogens is 224 g/mol. The van der Waals surface area contributed by atoms with E-state index in [2.05, 4.69) is 0 Å². The summed E-state index contributed by atoms with van der Waals surface area (Å²) in [6.07, 6.45) is 11.1. The molecule has 3 aliphatic rings. The van der Waals surface area contributed by atoms with Gasteiger partial charge in [-0.15, -0.1) is 0 Å². The van der Waals surface area contributed by atoms with E-state index in [9.17, 15) is 9.90 Å². The lowest BCUT2D eigenvalue weighted by atomic mass is 9.48. The van der Waals surface area contributed by atoms with Crippen molar-refractivity contribution in [3.63, 3.8) is 0 Å². The van der Waals surface area contributed by atoms with Crippen LogP contribution in [0.4, 0.5) is 0 Å². The van der Waals surface area contributed by atoms with Crippen LogP contribution in [0, 0.1) is 17.3 Å². The molecule has 2 nitrogen and oxygen atoms in total. The summed E-state index contributed by atoms with van der Waals surface area (Å²) >= 11 is 0. The van der Waals surface area contributed by atoms with Gasteiger partial charge in [-0.1, -0.05) is 25.7 Å². The Bertz CT molecular complexity index is 351. The third kappa shape index (κ3) is 1.68. The van der Waals surface area contributed by atoms with Gasteiger partial charge in [0.2, 0.25) is 0 Å². The van der Waals surface area contributed by atoms with Crippen molar-refractivity contribution < 1.29 is 9.90 Å². The molecule has 0 aromatic carbocycles. The molecule has 0 aliphatic heterocycles. The Morgan fingerprint density at radius 3 is 2.33 bits per heavy atom. The Morgan fingerprint density at radius 1 is 0.944 bits per heavy atom. The van der Waals surface area contributed by atoms with Crippen LogP contribution in [0.3, 0.4) is 0 Å². The van der Waals surface area contributed by atoms with Gasteiger partial charge >= 0.3 is 0 Å². The van der Waals surface area contributed by atoms with Crippen LogP contribution in [0.2, 0.25) is 0 Å². The summed E-state index contributed by atoms with van der Waals surface area (Å²) in [5.41, 5.74) is -0.494. The molecule has 0 aromatic rings. The van der Waals surface area contributed by atoms with Gasteiger partial charge in [-0.25, -0.2) is 0 Å². The number of aliphatic hydroxyl groups is 1. The van der Waals surface area contributed by atoms with Crippen LogP contribution < -0.4 is 0 Å². The van der Waals surface area contributed by atoms with Gasteiger partial charge in [-0.3, -0.25) is 4.79 Å². The number of Topliss-reactive ketones (excluding diaryl/α,β-unsaturated/α-hetero) is 1. The van der Waals surface area contributed by atoms with E-state index in [1.807, 2.05) is 0 Å². The average molecular weight is 250 g/mol. The average Bonchev–Trinajstić information content (AvgIpc) is 2.38. The summed E-state index contributed by atoms with van der Waals surface area (Å²) in [5.74, 6) is 1.28. The third-order valence-corrected chi connectivity index (χ3v) is 6.35. The lowest BCUT2D eigenvalue weighted by Gasteiger charge is -2.57. The summed E-state index contributed by atoms with van der Waals surface area (Å²) in [5, 5.41) is 10.9. The first-order chi connectivity index (χ1) is 8.58. The Labute approximate surface area is 110 Å². The van der Waals surface area contributed by atoms with Crippen LogP contribution in [-0.2, 0) is 4.79 Å². The number of hydrogen-bond donors (Lipinski definition) is 1. The molecule has 0 aromatic heterocycles. The number of carbonyl (C=O) groups excluding carboxylic acids is 1. The monoisotopic (exact) mass is 250 g/mol. The van der Waals surface area contributed by atoms with Crippen molar-refractivity contribution in [3.05, 3.63) is 0 Å². The molecule has 0 bridgehead atoms. The van der Waals surface area contributed by atoms with Crippen LogP contribution in [0.5, 0.6) is 0 Å². The highest BCUT2D eigenvalue weighted by molar-refractivity contribution is 5.83. The highest BCUT2D eigenvalue weighted by Gasteiger charge is 2.57. The molecule has 2 heteroatoms. The fraction of sp³-hybridized carbons (Fsp3) is 0.938. The Morgan fingerprint density at radius 2 is 1.61 bits per heavy atom. The summed E-state index contributed by atoms with van der Waals surface area (Å²) in [6.45, 7) is 1.80. The first kappa shape index (κ1) is 12.7. The molecule has 0 heterocycles. The summed E-state index contributed by atoms with van der Waals surface area (Å²) in [7, 11) is 0. The van der Waals surface area contributed by atoms with Gasteiger partial charge < -0.3 is 5.11 Å². The van der Waals surface area contributed by atoms with Crippen LogP contribution in [-0.4, -0.2) is 16.5 Å². The summed E-state index contributed by atoms with van der Waals surface area (Å²) in [4.78, 5) is 12.3. The molecule has 0 amide bonds. The normalized spacial score (nSPS) is 48.1. The fourth-order valence-electron chi connectivity index (χ4n) is 5.35. The van der Waals surface area contributed by atoms with Crippen molar-refractivity contribution in [2.75, 3.05) is 0 Å². The van der Waals surface area contributed by atoms with Crippen LogP contribution in [0.1, 0.15) is 71.1 Å². The van der Waals surface area contributed by atoms with E-state index < -0.39 is 5.60 Å². The molecule has 4 unspecified atom stereocenters. The minimum Gasteiger partial charge on any atom is -0.390 e. The minimum absolute atomic E-state index is 0.0630. The number of ketones is 1. The van der Waals surface area contributed by atoms with Crippen LogP contribution >= 0.6 is 0 Å². The SMILES string of the molecule is CC(=O)C12CCCCC1C1CCCCC1(O)CC2. The molecule has 3 saturated carbocycles. The van der Waals surface area contributed by atoms with Crippen molar-refractivity contribution in [3.8, 4) is 0 Å². The molecule has 0 radical (unpaired) electrons. The third-order valence-electron chi connectivity index (χ3n) is 6.35. The van der Waals surface area contributed by atoms with E-state index in [0.29, 0.717) is 17.6 Å². The quantitative estimate of drug-likeness (QED) is 0.773. The van der Waals surface area contributed by atoms with E-state index in [0.717, 1.165) is 32.1 Å². The van der Waals surface area contributed by atoms with Gasteiger partial charge in [-0.2, -0.15) is 0 Å². The molecule has 3 aliphatic carbocycles. The molecule has 3 rings (SSSR count). The Hall–Kier alpha value is -0.370. The summed E-state index contributed by atoms with van der Waals surface area (Å²) < 4.78 is 0. The maximum Gasteiger partial charge on any atom is 0.136 e. The van der Waals surface area contributed by atoms with Crippen molar-refractivity contribution in [2.24, 2.45) is 17.3 Å². The van der Waals surface area contributed by atoms with Crippen LogP contribution in [0.15, 0.2) is 0 Å². The van der Waals surface area contributed by atoms with Gasteiger partial charge in [0.15, 0.2) is 0 Å². The standard InChI is InChI=1S/C16H26O2/c1-12(17)15-8-4-2-6-13(15)14-7-3-5-9-16(14,18)11-10-15/h13-14,18H,2-11H2,1H3. The van der Waals surface area contributed by atoms with Crippen molar-refractivity contribution in [1.29, 1.82) is 0 Å². The van der Waals surface area contributed by atoms with Gasteiger partial charge in [-0.05, 0) is 57.3 Å². The number of rotatable bonds is 1. The summed E-state index contributed by atoms with van der Waals surface area (Å²) in [6, 6.07) is 0. The van der Waals surface area contributed by atoms with E-state index in [1.165, 1.54) is 32.1 Å². The van der Waals surface area contributed by atoms with Gasteiger partial charge in [0, 0.05) is 5.41 Å². The predicted octanol–water partition coefficient (Wildman–Crippen LogP) is 3.47. The maximum absolute atomic E-state index is 12.3. The smallest absolute Gasteiger partial charge is 0.136 e. The topological polar surface area (TPSA) is 37.3 Å². The second-order valence-electron chi connectivity index (χ2n) is 7.02. The Balaban J connectivity index is 1.95. The first-order valence-corrected chi connectivity index (χ1v) is 7.82. The van der Waals surface area contributed by atoms with E-state index in [4.69, 9.17) is 0 Å². The number of fused-ring (bicyclic) bond motifs is 3. The zero-order chi connectivity index (χ0) is 12.8. The molecule has 0 spiro atoms. The lowest BCUT2D eigenvalue weighted by molar-refractivity contribution is -0.168. The minimum atomic E-state index is -0.431. The Kier molecular flexibility index (Phi) is 3.04. The van der Waals surface area contributed by atoms with Crippen molar-refractivity contribution >= 4 is 5.78 Å². The number of carbonyl (C=O) groups is 1. The van der Waals surface area contributed by atoms with Gasteiger partial charge in [0.1, 0.15) is 5.78 Å². The fourth-order valence-corrected chi connectivity index (χ4v) is 5.35. The molecule has 3 fully saturated rings. The van der Waals surface area contributed by atoms with E-state index >= 15 is 0 Å². The zero-order valence-corrected chi connectivity index (χ0v) is 11.6. The van der Waals surface area contributed by atoms with Crippen LogP contribution in [0.25, 0.3) is 0 Å². The molecule has 0 saturated heterocycles. The predicted molar refractivity (Wildman–Crippen MR) is 71.2 cm³/mol. The molecular formula is C16H26O2. The zero-order valence-electron chi connectivity index (χ0n) is 11.6. The van der Waals surface area contributed by atoms with Crippen molar-refractivity contribution in [2.45, 2.75) is 76.7 Å². The highest BCUT2D eigenvalue weighted by atomic mass is 16.3. The molecule has 102 valence electrons. The largest absolute Gasteiger partial charge is 0.390 e. The first-order valence-electron chi connectivity index (χ1n) is 7.82.